The van der Waals surface area contributed by atoms with E-state index in [0.29, 0.717) is 0 Å². The van der Waals surface area contributed by atoms with E-state index in [0.717, 1.165) is 0 Å². The van der Waals surface area contributed by atoms with Crippen LogP contribution in [0.1, 0.15) is 23.7 Å². The maximum absolute atomic E-state index is 11.9. The van der Waals surface area contributed by atoms with E-state index in [-0.39, 0.29) is 28.5 Å². The average Bonchev–Trinajstić information content (AvgIpc) is 2.14. The van der Waals surface area contributed by atoms with E-state index in [9.17, 15) is 13.6 Å². The first-order valence-corrected chi connectivity index (χ1v) is 4.69. The third-order valence-corrected chi connectivity index (χ3v) is 1.96. The Morgan fingerprint density at radius 3 is 2.67 bits per heavy atom. The molecule has 2 nitrogen and oxygen atoms in total. The summed E-state index contributed by atoms with van der Waals surface area (Å²) >= 11 is 5.66. The minimum absolute atomic E-state index is 0.102. The molecule has 0 spiro atoms. The quantitative estimate of drug-likeness (QED) is 0.745. The van der Waals surface area contributed by atoms with Gasteiger partial charge >= 0.3 is 6.61 Å². The predicted octanol–water partition coefficient (Wildman–Crippen LogP) is 3.53. The van der Waals surface area contributed by atoms with Gasteiger partial charge in [0.25, 0.3) is 0 Å². The van der Waals surface area contributed by atoms with Gasteiger partial charge in [-0.1, -0.05) is 18.5 Å². The van der Waals surface area contributed by atoms with E-state index in [2.05, 4.69) is 4.74 Å². The molecule has 0 aliphatic rings. The van der Waals surface area contributed by atoms with E-state index >= 15 is 0 Å². The van der Waals surface area contributed by atoms with Crippen molar-refractivity contribution in [2.24, 2.45) is 0 Å². The summed E-state index contributed by atoms with van der Waals surface area (Å²) in [6.07, 6.45) is 0.286. The molecule has 15 heavy (non-hydrogen) atoms. The smallest absolute Gasteiger partial charge is 0.387 e. The van der Waals surface area contributed by atoms with Crippen LogP contribution in [0.5, 0.6) is 5.75 Å². The highest BCUT2D eigenvalue weighted by molar-refractivity contribution is 6.31. The zero-order chi connectivity index (χ0) is 11.4. The molecule has 5 heteroatoms. The van der Waals surface area contributed by atoms with Crippen molar-refractivity contribution >= 4 is 17.4 Å². The number of Topliss-reactive ketones (excluding diaryl/α,β-unsaturated/α-hetero) is 1. The topological polar surface area (TPSA) is 26.3 Å². The van der Waals surface area contributed by atoms with E-state index < -0.39 is 6.61 Å². The maximum atomic E-state index is 11.9. The first-order valence-electron chi connectivity index (χ1n) is 4.31. The van der Waals surface area contributed by atoms with Crippen LogP contribution in [-0.2, 0) is 0 Å². The summed E-state index contributed by atoms with van der Waals surface area (Å²) in [5, 5.41) is 0.199. The number of alkyl halides is 2. The van der Waals surface area contributed by atoms with Crippen molar-refractivity contribution in [3.63, 3.8) is 0 Å². The molecule has 1 rings (SSSR count). The third-order valence-electron chi connectivity index (χ3n) is 1.74. The Kier molecular flexibility index (Phi) is 4.03. The average molecular weight is 235 g/mol. The Bertz CT molecular complexity index is 366. The number of benzene rings is 1. The number of carbonyl (C=O) groups excluding carboxylic acids is 1. The van der Waals surface area contributed by atoms with Gasteiger partial charge in [-0.3, -0.25) is 4.79 Å². The molecule has 0 fully saturated rings. The molecule has 0 unspecified atom stereocenters. The molecule has 0 bridgehead atoms. The Balaban J connectivity index is 2.99. The first-order chi connectivity index (χ1) is 7.02. The molecule has 1 aromatic rings. The van der Waals surface area contributed by atoms with Gasteiger partial charge in [0.2, 0.25) is 0 Å². The van der Waals surface area contributed by atoms with E-state index in [1.165, 1.54) is 18.2 Å². The lowest BCUT2D eigenvalue weighted by atomic mass is 10.1. The second kappa shape index (κ2) is 5.07. The lowest BCUT2D eigenvalue weighted by molar-refractivity contribution is -0.0498. The van der Waals surface area contributed by atoms with Crippen molar-refractivity contribution in [2.75, 3.05) is 0 Å². The van der Waals surface area contributed by atoms with Crippen molar-refractivity contribution in [1.29, 1.82) is 0 Å². The number of carbonyl (C=O) groups is 1. The molecule has 0 amide bonds. The van der Waals surface area contributed by atoms with Crippen LogP contribution < -0.4 is 4.74 Å². The number of hydrogen-bond acceptors (Lipinski definition) is 2. The molecule has 0 heterocycles. The molecule has 0 N–H and O–H groups in total. The standard InChI is InChI=1S/C10H9ClF2O2/c1-2-9(14)6-3-7(11)5-8(4-6)15-10(12)13/h3-5,10H,2H2,1H3. The van der Waals surface area contributed by atoms with Crippen LogP contribution >= 0.6 is 11.6 Å². The molecule has 0 aliphatic heterocycles. The SMILES string of the molecule is CCC(=O)c1cc(Cl)cc(OC(F)F)c1. The van der Waals surface area contributed by atoms with Gasteiger partial charge in [0.05, 0.1) is 0 Å². The predicted molar refractivity (Wildman–Crippen MR) is 52.7 cm³/mol. The van der Waals surface area contributed by atoms with E-state index in [1.807, 2.05) is 0 Å². The van der Waals surface area contributed by atoms with E-state index in [4.69, 9.17) is 11.6 Å². The van der Waals surface area contributed by atoms with Crippen LogP contribution in [0.2, 0.25) is 5.02 Å². The van der Waals surface area contributed by atoms with Gasteiger partial charge in [0, 0.05) is 17.0 Å². The van der Waals surface area contributed by atoms with Crippen LogP contribution in [0, 0.1) is 0 Å². The van der Waals surface area contributed by atoms with Crippen molar-refractivity contribution in [2.45, 2.75) is 20.0 Å². The zero-order valence-electron chi connectivity index (χ0n) is 7.97. The minimum atomic E-state index is -2.92. The van der Waals surface area contributed by atoms with Crippen LogP contribution in [0.3, 0.4) is 0 Å². The maximum Gasteiger partial charge on any atom is 0.387 e. The van der Waals surface area contributed by atoms with Crippen LogP contribution in [0.25, 0.3) is 0 Å². The highest BCUT2D eigenvalue weighted by Crippen LogP contribution is 2.23. The fourth-order valence-corrected chi connectivity index (χ4v) is 1.32. The van der Waals surface area contributed by atoms with Gasteiger partial charge in [0.15, 0.2) is 5.78 Å². The summed E-state index contributed by atoms with van der Waals surface area (Å²) in [4.78, 5) is 11.3. The molecular weight excluding hydrogens is 226 g/mol. The van der Waals surface area contributed by atoms with E-state index in [1.54, 1.807) is 6.92 Å². The van der Waals surface area contributed by atoms with Crippen LogP contribution in [0.15, 0.2) is 18.2 Å². The number of rotatable bonds is 4. The lowest BCUT2D eigenvalue weighted by Crippen LogP contribution is -2.03. The van der Waals surface area contributed by atoms with Gasteiger partial charge in [-0.25, -0.2) is 0 Å². The van der Waals surface area contributed by atoms with Gasteiger partial charge in [0.1, 0.15) is 5.75 Å². The fourth-order valence-electron chi connectivity index (χ4n) is 1.10. The summed E-state index contributed by atoms with van der Waals surface area (Å²) < 4.78 is 28.0. The molecule has 82 valence electrons. The number of halogens is 3. The van der Waals surface area contributed by atoms with Crippen molar-refractivity contribution in [3.05, 3.63) is 28.8 Å². The summed E-state index contributed by atoms with van der Waals surface area (Å²) in [5.41, 5.74) is 0.278. The molecule has 0 aromatic heterocycles. The van der Waals surface area contributed by atoms with Crippen LogP contribution in [0.4, 0.5) is 8.78 Å². The van der Waals surface area contributed by atoms with Gasteiger partial charge in [-0.05, 0) is 18.2 Å². The zero-order valence-corrected chi connectivity index (χ0v) is 8.72. The number of hydrogen-bond donors (Lipinski definition) is 0. The molecule has 0 saturated carbocycles. The largest absolute Gasteiger partial charge is 0.435 e. The molecule has 0 atom stereocenters. The number of ketones is 1. The Morgan fingerprint density at radius 1 is 1.47 bits per heavy atom. The highest BCUT2D eigenvalue weighted by atomic mass is 35.5. The minimum Gasteiger partial charge on any atom is -0.435 e. The summed E-state index contributed by atoms with van der Waals surface area (Å²) in [6, 6.07) is 3.91. The normalized spacial score (nSPS) is 10.5. The Hall–Kier alpha value is -1.16. The second-order valence-corrected chi connectivity index (χ2v) is 3.27. The Labute approximate surface area is 90.8 Å². The summed E-state index contributed by atoms with van der Waals surface area (Å²) in [6.45, 7) is -1.25. The molecule has 0 aliphatic carbocycles. The van der Waals surface area contributed by atoms with Crippen molar-refractivity contribution < 1.29 is 18.3 Å². The summed E-state index contributed by atoms with van der Waals surface area (Å²) in [5.74, 6) is -0.272. The van der Waals surface area contributed by atoms with Crippen LogP contribution in [-0.4, -0.2) is 12.4 Å². The third kappa shape index (κ3) is 3.47. The second-order valence-electron chi connectivity index (χ2n) is 2.83. The molecule has 1 aromatic carbocycles. The molecular formula is C10H9ClF2O2. The number of ether oxygens (including phenoxy) is 1. The van der Waals surface area contributed by atoms with Gasteiger partial charge in [-0.2, -0.15) is 8.78 Å². The van der Waals surface area contributed by atoms with Gasteiger partial charge in [-0.15, -0.1) is 0 Å². The highest BCUT2D eigenvalue weighted by Gasteiger charge is 2.10. The lowest BCUT2D eigenvalue weighted by Gasteiger charge is -2.06. The fraction of sp³-hybridized carbons (Fsp3) is 0.300. The molecule has 0 radical (unpaired) electrons. The van der Waals surface area contributed by atoms with Crippen molar-refractivity contribution in [3.8, 4) is 5.75 Å². The van der Waals surface area contributed by atoms with Crippen molar-refractivity contribution in [1.82, 2.24) is 0 Å². The van der Waals surface area contributed by atoms with Gasteiger partial charge < -0.3 is 4.74 Å². The molecule has 0 saturated heterocycles. The Morgan fingerprint density at radius 2 is 2.13 bits per heavy atom. The summed E-state index contributed by atoms with van der Waals surface area (Å²) in [7, 11) is 0. The first kappa shape index (κ1) is 11.9. The monoisotopic (exact) mass is 234 g/mol.